The predicted octanol–water partition coefficient (Wildman–Crippen LogP) is 2.67. The summed E-state index contributed by atoms with van der Waals surface area (Å²) in [5.41, 5.74) is 0.483. The van der Waals surface area contributed by atoms with E-state index in [1.807, 2.05) is 30.3 Å². The van der Waals surface area contributed by atoms with E-state index in [9.17, 15) is 13.9 Å². The Morgan fingerprint density at radius 3 is 2.19 bits per heavy atom. The van der Waals surface area contributed by atoms with Crippen LogP contribution in [0.5, 0.6) is 5.75 Å². The van der Waals surface area contributed by atoms with Gasteiger partial charge in [0.1, 0.15) is 0 Å². The molecule has 112 valence electrons. The van der Waals surface area contributed by atoms with Crippen molar-refractivity contribution < 1.29 is 19.0 Å². The van der Waals surface area contributed by atoms with Crippen LogP contribution in [0.15, 0.2) is 42.5 Å². The molecule has 3 N–H and O–H groups in total. The number of aliphatic hydroxyl groups is 1. The third kappa shape index (κ3) is 3.37. The molecule has 2 rings (SSSR count). The Morgan fingerprint density at radius 1 is 1.10 bits per heavy atom. The largest absolute Gasteiger partial charge is 0.503 e. The first-order valence-corrected chi connectivity index (χ1v) is 6.54. The topological polar surface area (TPSA) is 52.5 Å². The normalized spacial score (nSPS) is 13.9. The molecule has 0 aliphatic rings. The second kappa shape index (κ2) is 6.20. The molecule has 0 aliphatic carbocycles. The molecule has 5 heteroatoms. The van der Waals surface area contributed by atoms with Gasteiger partial charge in [-0.1, -0.05) is 30.3 Å². The van der Waals surface area contributed by atoms with Crippen LogP contribution in [-0.4, -0.2) is 16.8 Å². The van der Waals surface area contributed by atoms with E-state index in [1.54, 1.807) is 6.92 Å². The molecule has 0 radical (unpaired) electrons. The number of aliphatic hydroxyl groups excluding tert-OH is 1. The van der Waals surface area contributed by atoms with Gasteiger partial charge in [0.25, 0.3) is 0 Å². The first kappa shape index (κ1) is 15.4. The summed E-state index contributed by atoms with van der Waals surface area (Å²) in [6.07, 6.45) is 0. The van der Waals surface area contributed by atoms with Crippen LogP contribution in [0, 0.1) is 11.6 Å². The zero-order valence-corrected chi connectivity index (χ0v) is 11.6. The average molecular weight is 293 g/mol. The standard InChI is InChI=1S/C16H17F2NO2/c1-16(10-20,12-5-3-2-4-6-12)19-9-11-7-13(17)15(21)14(18)8-11/h2-8,19-21H,9-10H2,1H3. The Balaban J connectivity index is 2.17. The molecule has 1 unspecified atom stereocenters. The van der Waals surface area contributed by atoms with Gasteiger partial charge in [0.05, 0.1) is 12.1 Å². The minimum absolute atomic E-state index is 0.153. The number of phenols is 1. The van der Waals surface area contributed by atoms with Crippen molar-refractivity contribution in [3.63, 3.8) is 0 Å². The van der Waals surface area contributed by atoms with Crippen molar-refractivity contribution in [2.24, 2.45) is 0 Å². The monoisotopic (exact) mass is 293 g/mol. The van der Waals surface area contributed by atoms with Crippen LogP contribution in [0.2, 0.25) is 0 Å². The highest BCUT2D eigenvalue weighted by atomic mass is 19.1. The van der Waals surface area contributed by atoms with Crippen LogP contribution < -0.4 is 5.32 Å². The lowest BCUT2D eigenvalue weighted by atomic mass is 9.92. The van der Waals surface area contributed by atoms with E-state index in [0.29, 0.717) is 5.56 Å². The van der Waals surface area contributed by atoms with Gasteiger partial charge in [-0.2, -0.15) is 0 Å². The molecule has 3 nitrogen and oxygen atoms in total. The second-order valence-electron chi connectivity index (χ2n) is 5.12. The lowest BCUT2D eigenvalue weighted by Crippen LogP contribution is -2.42. The molecule has 0 amide bonds. The number of nitrogens with one attached hydrogen (secondary N) is 1. The Labute approximate surface area is 121 Å². The molecule has 21 heavy (non-hydrogen) atoms. The van der Waals surface area contributed by atoms with E-state index in [-0.39, 0.29) is 13.2 Å². The molecule has 0 aliphatic heterocycles. The lowest BCUT2D eigenvalue weighted by molar-refractivity contribution is 0.173. The van der Waals surface area contributed by atoms with Gasteiger partial charge in [-0.25, -0.2) is 8.78 Å². The molecule has 0 saturated heterocycles. The van der Waals surface area contributed by atoms with E-state index < -0.39 is 22.9 Å². The van der Waals surface area contributed by atoms with Crippen molar-refractivity contribution >= 4 is 0 Å². The number of aromatic hydroxyl groups is 1. The van der Waals surface area contributed by atoms with E-state index in [2.05, 4.69) is 5.32 Å². The minimum atomic E-state index is -1.00. The van der Waals surface area contributed by atoms with Crippen LogP contribution >= 0.6 is 0 Å². The van der Waals surface area contributed by atoms with Crippen molar-refractivity contribution in [2.75, 3.05) is 6.61 Å². The van der Waals surface area contributed by atoms with Gasteiger partial charge >= 0.3 is 0 Å². The summed E-state index contributed by atoms with van der Waals surface area (Å²) in [6, 6.07) is 11.4. The van der Waals surface area contributed by atoms with Crippen molar-refractivity contribution in [2.45, 2.75) is 19.0 Å². The maximum absolute atomic E-state index is 13.3. The van der Waals surface area contributed by atoms with Gasteiger partial charge in [0, 0.05) is 6.54 Å². The summed E-state index contributed by atoms with van der Waals surface area (Å²) in [5.74, 6) is -2.99. The third-order valence-electron chi connectivity index (χ3n) is 3.49. The molecule has 1 atom stereocenters. The molecule has 0 bridgehead atoms. The van der Waals surface area contributed by atoms with Crippen molar-refractivity contribution in [3.05, 3.63) is 65.2 Å². The zero-order chi connectivity index (χ0) is 15.5. The fraction of sp³-hybridized carbons (Fsp3) is 0.250. The molecular formula is C16H17F2NO2. The molecule has 0 spiro atoms. The maximum atomic E-state index is 13.3. The van der Waals surface area contributed by atoms with Gasteiger partial charge in [-0.3, -0.25) is 0 Å². The van der Waals surface area contributed by atoms with Gasteiger partial charge in [0.2, 0.25) is 0 Å². The summed E-state index contributed by atoms with van der Waals surface area (Å²) in [4.78, 5) is 0. The Bertz CT molecular complexity index is 596. The molecule has 0 aromatic heterocycles. The van der Waals surface area contributed by atoms with Gasteiger partial charge in [0.15, 0.2) is 17.4 Å². The second-order valence-corrected chi connectivity index (χ2v) is 5.12. The highest BCUT2D eigenvalue weighted by molar-refractivity contribution is 5.30. The summed E-state index contributed by atoms with van der Waals surface area (Å²) >= 11 is 0. The van der Waals surface area contributed by atoms with Crippen LogP contribution in [-0.2, 0) is 12.1 Å². The van der Waals surface area contributed by atoms with Crippen LogP contribution in [0.1, 0.15) is 18.1 Å². The van der Waals surface area contributed by atoms with E-state index in [0.717, 1.165) is 17.7 Å². The molecule has 0 heterocycles. The minimum Gasteiger partial charge on any atom is -0.503 e. The number of benzene rings is 2. The third-order valence-corrected chi connectivity index (χ3v) is 3.49. The van der Waals surface area contributed by atoms with Gasteiger partial charge in [-0.15, -0.1) is 0 Å². The number of hydrogen-bond donors (Lipinski definition) is 3. The van der Waals surface area contributed by atoms with Crippen molar-refractivity contribution in [1.82, 2.24) is 5.32 Å². The number of halogens is 2. The zero-order valence-electron chi connectivity index (χ0n) is 11.6. The molecule has 0 saturated carbocycles. The van der Waals surface area contributed by atoms with Crippen molar-refractivity contribution in [3.8, 4) is 5.75 Å². The first-order chi connectivity index (χ1) is 9.96. The molecule has 0 fully saturated rings. The molecule has 2 aromatic rings. The summed E-state index contributed by atoms with van der Waals surface area (Å²) in [6.45, 7) is 1.79. The maximum Gasteiger partial charge on any atom is 0.187 e. The smallest absolute Gasteiger partial charge is 0.187 e. The van der Waals surface area contributed by atoms with E-state index in [1.165, 1.54) is 0 Å². The SMILES string of the molecule is CC(CO)(NCc1cc(F)c(O)c(F)c1)c1ccccc1. The molecular weight excluding hydrogens is 276 g/mol. The fourth-order valence-electron chi connectivity index (χ4n) is 2.07. The van der Waals surface area contributed by atoms with Crippen LogP contribution in [0.4, 0.5) is 8.78 Å². The first-order valence-electron chi connectivity index (χ1n) is 6.54. The Morgan fingerprint density at radius 2 is 1.67 bits per heavy atom. The van der Waals surface area contributed by atoms with Gasteiger partial charge < -0.3 is 15.5 Å². The fourth-order valence-corrected chi connectivity index (χ4v) is 2.07. The quantitative estimate of drug-likeness (QED) is 0.794. The van der Waals surface area contributed by atoms with E-state index >= 15 is 0 Å². The number of hydrogen-bond acceptors (Lipinski definition) is 3. The lowest BCUT2D eigenvalue weighted by Gasteiger charge is -2.29. The summed E-state index contributed by atoms with van der Waals surface area (Å²) in [5, 5.41) is 21.8. The van der Waals surface area contributed by atoms with Crippen LogP contribution in [0.3, 0.4) is 0 Å². The Hall–Kier alpha value is -1.98. The van der Waals surface area contributed by atoms with Crippen molar-refractivity contribution in [1.29, 1.82) is 0 Å². The molecule has 2 aromatic carbocycles. The van der Waals surface area contributed by atoms with E-state index in [4.69, 9.17) is 5.11 Å². The highest BCUT2D eigenvalue weighted by Crippen LogP contribution is 2.24. The number of phenolic OH excluding ortho intramolecular Hbond substituents is 1. The predicted molar refractivity (Wildman–Crippen MR) is 75.7 cm³/mol. The van der Waals surface area contributed by atoms with Gasteiger partial charge in [-0.05, 0) is 30.2 Å². The van der Waals surface area contributed by atoms with Crippen LogP contribution in [0.25, 0.3) is 0 Å². The average Bonchev–Trinajstić information content (AvgIpc) is 2.51. The summed E-state index contributed by atoms with van der Waals surface area (Å²) in [7, 11) is 0. The number of rotatable bonds is 5. The Kier molecular flexibility index (Phi) is 4.55. The summed E-state index contributed by atoms with van der Waals surface area (Å²) < 4.78 is 26.6. The highest BCUT2D eigenvalue weighted by Gasteiger charge is 2.25.